The number of hydrogen-bond acceptors (Lipinski definition) is 7. The number of piperazine rings is 1. The van der Waals surface area contributed by atoms with Crippen LogP contribution in [0.1, 0.15) is 11.6 Å². The van der Waals surface area contributed by atoms with Crippen molar-refractivity contribution in [2.75, 3.05) is 44.0 Å². The van der Waals surface area contributed by atoms with Gasteiger partial charge < -0.3 is 24.8 Å². The van der Waals surface area contributed by atoms with E-state index in [9.17, 15) is 14.4 Å². The van der Waals surface area contributed by atoms with Crippen molar-refractivity contribution in [3.05, 3.63) is 57.6 Å². The Morgan fingerprint density at radius 2 is 2.03 bits per heavy atom. The molecule has 2 aromatic rings. The second-order valence-electron chi connectivity index (χ2n) is 8.04. The topological polar surface area (TPSA) is 109 Å². The van der Waals surface area contributed by atoms with Crippen LogP contribution in [0, 0.1) is 0 Å². The van der Waals surface area contributed by atoms with Crippen molar-refractivity contribution in [1.29, 1.82) is 0 Å². The summed E-state index contributed by atoms with van der Waals surface area (Å²) in [6.07, 6.45) is 2.73. The molecule has 2 fully saturated rings. The number of ether oxygens (including phenoxy) is 1. The zero-order valence-corrected chi connectivity index (χ0v) is 20.0. The highest BCUT2D eigenvalue weighted by atomic mass is 79.9. The number of nitrogens with zero attached hydrogens (tertiary/aromatic N) is 4. The van der Waals surface area contributed by atoms with Gasteiger partial charge in [0, 0.05) is 50.3 Å². The van der Waals surface area contributed by atoms with Gasteiger partial charge in [0.05, 0.1) is 19.3 Å². The molecule has 174 valence electrons. The van der Waals surface area contributed by atoms with Crippen molar-refractivity contribution in [3.8, 4) is 0 Å². The summed E-state index contributed by atoms with van der Waals surface area (Å²) in [7, 11) is 3.40. The van der Waals surface area contributed by atoms with E-state index in [1.807, 2.05) is 0 Å². The van der Waals surface area contributed by atoms with E-state index in [4.69, 9.17) is 4.74 Å². The van der Waals surface area contributed by atoms with Crippen LogP contribution in [-0.2, 0) is 21.4 Å². The van der Waals surface area contributed by atoms with Crippen LogP contribution < -0.4 is 16.2 Å². The van der Waals surface area contributed by atoms with Crippen molar-refractivity contribution >= 4 is 44.9 Å². The minimum Gasteiger partial charge on any atom is -0.378 e. The van der Waals surface area contributed by atoms with Crippen molar-refractivity contribution in [2.45, 2.75) is 12.1 Å². The van der Waals surface area contributed by atoms with E-state index in [1.54, 1.807) is 43.4 Å². The molecule has 4 rings (SSSR count). The lowest BCUT2D eigenvalue weighted by atomic mass is 9.96. The Hall–Kier alpha value is -3.02. The first-order valence-corrected chi connectivity index (χ1v) is 11.2. The van der Waals surface area contributed by atoms with Crippen LogP contribution in [0.4, 0.5) is 17.2 Å². The molecule has 0 bridgehead atoms. The summed E-state index contributed by atoms with van der Waals surface area (Å²) in [6, 6.07) is 4.82. The van der Waals surface area contributed by atoms with Crippen molar-refractivity contribution in [3.63, 3.8) is 0 Å². The number of amides is 2. The molecule has 10 nitrogen and oxygen atoms in total. The van der Waals surface area contributed by atoms with E-state index in [0.717, 1.165) is 0 Å². The summed E-state index contributed by atoms with van der Waals surface area (Å²) in [5, 5.41) is 5.82. The summed E-state index contributed by atoms with van der Waals surface area (Å²) in [4.78, 5) is 45.9. The summed E-state index contributed by atoms with van der Waals surface area (Å²) in [6.45, 7) is 5.99. The van der Waals surface area contributed by atoms with Crippen molar-refractivity contribution in [2.24, 2.45) is 7.05 Å². The van der Waals surface area contributed by atoms with Crippen LogP contribution in [0.15, 0.2) is 46.4 Å². The molecule has 11 heteroatoms. The summed E-state index contributed by atoms with van der Waals surface area (Å²) >= 11 is 3.29. The third kappa shape index (κ3) is 4.70. The van der Waals surface area contributed by atoms with Gasteiger partial charge in [0.1, 0.15) is 10.6 Å². The number of benzene rings is 1. The fourth-order valence-electron chi connectivity index (χ4n) is 3.93. The maximum atomic E-state index is 13.2. The maximum absolute atomic E-state index is 13.2. The van der Waals surface area contributed by atoms with E-state index >= 15 is 0 Å². The molecule has 2 amide bonds. The Balaban J connectivity index is 1.74. The predicted octanol–water partition coefficient (Wildman–Crippen LogP) is 1.62. The molecule has 2 N–H and O–H groups in total. The van der Waals surface area contributed by atoms with Gasteiger partial charge in [0.25, 0.3) is 5.56 Å². The molecule has 1 unspecified atom stereocenters. The highest BCUT2D eigenvalue weighted by Crippen LogP contribution is 2.36. The molecule has 33 heavy (non-hydrogen) atoms. The Morgan fingerprint density at radius 1 is 1.27 bits per heavy atom. The molecular weight excluding hydrogens is 492 g/mol. The maximum Gasteiger partial charge on any atom is 0.293 e. The molecule has 3 heterocycles. The van der Waals surface area contributed by atoms with Gasteiger partial charge in [-0.25, -0.2) is 4.98 Å². The lowest BCUT2D eigenvalue weighted by molar-refractivity contribution is -0.151. The second kappa shape index (κ2) is 9.46. The Bertz CT molecular complexity index is 1160. The number of aromatic nitrogens is 2. The van der Waals surface area contributed by atoms with E-state index < -0.39 is 11.9 Å². The molecular formula is C22H25BrN6O4. The van der Waals surface area contributed by atoms with Crippen molar-refractivity contribution in [1.82, 2.24) is 19.4 Å². The molecule has 1 aromatic heterocycles. The Labute approximate surface area is 199 Å². The van der Waals surface area contributed by atoms with Crippen LogP contribution in [0.2, 0.25) is 0 Å². The molecule has 0 aliphatic carbocycles. The zero-order valence-electron chi connectivity index (χ0n) is 18.4. The van der Waals surface area contributed by atoms with Crippen LogP contribution in [0.3, 0.4) is 0 Å². The summed E-state index contributed by atoms with van der Waals surface area (Å²) < 4.78 is 7.26. The third-order valence-electron chi connectivity index (χ3n) is 5.82. The van der Waals surface area contributed by atoms with Gasteiger partial charge >= 0.3 is 0 Å². The van der Waals surface area contributed by atoms with Gasteiger partial charge in [-0.1, -0.05) is 12.6 Å². The number of aryl methyl sites for hydroxylation is 1. The fraction of sp³-hybridized carbons (Fsp3) is 0.364. The van der Waals surface area contributed by atoms with Gasteiger partial charge in [-0.3, -0.25) is 19.3 Å². The quantitative estimate of drug-likeness (QED) is 0.561. The van der Waals surface area contributed by atoms with E-state index in [0.29, 0.717) is 47.8 Å². The number of carbonyl (C=O) groups excluding carboxylic acids is 2. The average Bonchev–Trinajstić information content (AvgIpc) is 2.74. The molecule has 0 spiro atoms. The first kappa shape index (κ1) is 23.1. The number of anilines is 3. The number of likely N-dealkylation sites (N-methyl/N-ethyl adjacent to an activating group) is 1. The van der Waals surface area contributed by atoms with Crippen LogP contribution in [0.5, 0.6) is 0 Å². The molecule has 2 saturated heterocycles. The highest BCUT2D eigenvalue weighted by Gasteiger charge is 2.41. The minimum atomic E-state index is -0.566. The smallest absolute Gasteiger partial charge is 0.293 e. The molecule has 2 aliphatic rings. The number of hydrogen-bond donors (Lipinski definition) is 2. The van der Waals surface area contributed by atoms with Gasteiger partial charge in [-0.05, 0) is 34.1 Å². The lowest BCUT2D eigenvalue weighted by Crippen LogP contribution is -2.59. The standard InChI is InChI=1S/C22H25BrN6O4/c1-4-18(30)25-16-9-13(24-20-22(32)28(3)10-17(23)26-20)5-6-15(16)19-21(31)27(2)7-8-29(19)14-11-33-12-14/h4-6,9-10,14,19H,1,7-8,11-12H2,2-3H3,(H,24,26)(H,25,30). The van der Waals surface area contributed by atoms with Gasteiger partial charge in [-0.2, -0.15) is 0 Å². The van der Waals surface area contributed by atoms with Gasteiger partial charge in [-0.15, -0.1) is 0 Å². The third-order valence-corrected chi connectivity index (χ3v) is 6.20. The first-order valence-electron chi connectivity index (χ1n) is 10.4. The number of rotatable bonds is 6. The predicted molar refractivity (Wildman–Crippen MR) is 127 cm³/mol. The zero-order chi connectivity index (χ0) is 23.7. The molecule has 1 atom stereocenters. The summed E-state index contributed by atoms with van der Waals surface area (Å²) in [5.41, 5.74) is 1.35. The number of nitrogens with one attached hydrogen (secondary N) is 2. The number of halogens is 1. The van der Waals surface area contributed by atoms with Gasteiger partial charge in [0.15, 0.2) is 5.82 Å². The Morgan fingerprint density at radius 3 is 2.70 bits per heavy atom. The second-order valence-corrected chi connectivity index (χ2v) is 8.85. The number of carbonyl (C=O) groups is 2. The molecule has 0 radical (unpaired) electrons. The van der Waals surface area contributed by atoms with Crippen molar-refractivity contribution < 1.29 is 14.3 Å². The molecule has 0 saturated carbocycles. The van der Waals surface area contributed by atoms with E-state index in [-0.39, 0.29) is 23.3 Å². The first-order chi connectivity index (χ1) is 15.8. The normalized spacial score (nSPS) is 19.2. The fourth-order valence-corrected chi connectivity index (χ4v) is 4.41. The monoisotopic (exact) mass is 516 g/mol. The molecule has 2 aliphatic heterocycles. The van der Waals surface area contributed by atoms with E-state index in [1.165, 1.54) is 10.6 Å². The SMILES string of the molecule is C=CC(=O)Nc1cc(Nc2nc(Br)cn(C)c2=O)ccc1C1C(=O)N(C)CCN1C1COC1. The van der Waals surface area contributed by atoms with Gasteiger partial charge in [0.2, 0.25) is 11.8 Å². The average molecular weight is 517 g/mol. The highest BCUT2D eigenvalue weighted by molar-refractivity contribution is 9.10. The van der Waals surface area contributed by atoms with Crippen LogP contribution >= 0.6 is 15.9 Å². The Kier molecular flexibility index (Phi) is 6.63. The minimum absolute atomic E-state index is 0.0505. The molecule has 1 aromatic carbocycles. The largest absolute Gasteiger partial charge is 0.378 e. The lowest BCUT2D eigenvalue weighted by Gasteiger charge is -2.46. The van der Waals surface area contributed by atoms with Crippen LogP contribution in [0.25, 0.3) is 0 Å². The van der Waals surface area contributed by atoms with Crippen LogP contribution in [-0.4, -0.2) is 70.6 Å². The van der Waals surface area contributed by atoms with E-state index in [2.05, 4.69) is 43.0 Å². The summed E-state index contributed by atoms with van der Waals surface area (Å²) in [5.74, 6) is -0.326.